The molecule has 8 heteroatoms. The maximum absolute atomic E-state index is 12.6. The van der Waals surface area contributed by atoms with Crippen LogP contribution in [0.2, 0.25) is 5.02 Å². The van der Waals surface area contributed by atoms with Gasteiger partial charge >= 0.3 is 0 Å². The third-order valence-corrected chi connectivity index (χ3v) is 6.31. The molecule has 1 aromatic carbocycles. The molecule has 0 aliphatic carbocycles. The molecule has 1 heterocycles. The summed E-state index contributed by atoms with van der Waals surface area (Å²) >= 11 is 11.3. The van der Waals surface area contributed by atoms with E-state index in [0.29, 0.717) is 31.3 Å². The second kappa shape index (κ2) is 7.59. The van der Waals surface area contributed by atoms with Crippen LogP contribution in [0.5, 0.6) is 0 Å². The van der Waals surface area contributed by atoms with Crippen LogP contribution < -0.4 is 5.32 Å². The van der Waals surface area contributed by atoms with Crippen LogP contribution in [0, 0.1) is 0 Å². The molecule has 0 saturated carbocycles. The average Bonchev–Trinajstić information content (AvgIpc) is 2.53. The molecule has 1 aliphatic rings. The molecule has 0 bridgehead atoms. The van der Waals surface area contributed by atoms with Crippen LogP contribution in [-0.4, -0.2) is 55.5 Å². The largest absolute Gasteiger partial charge is 0.363 e. The molecule has 0 spiro atoms. The molecule has 5 nitrogen and oxygen atoms in total. The summed E-state index contributed by atoms with van der Waals surface area (Å²) in [4.78, 5) is 2.17. The topological polar surface area (TPSA) is 52.6 Å². The molecule has 122 valence electrons. The highest BCUT2D eigenvalue weighted by molar-refractivity contribution is 7.89. The van der Waals surface area contributed by atoms with Crippen molar-refractivity contribution in [2.45, 2.75) is 18.2 Å². The molecule has 0 radical (unpaired) electrons. The lowest BCUT2D eigenvalue weighted by atomic mass is 10.4. The molecular formula is C14H20ClN3O2S2. The van der Waals surface area contributed by atoms with Crippen LogP contribution in [-0.2, 0) is 10.0 Å². The number of hydrogen-bond acceptors (Lipinski definition) is 3. The van der Waals surface area contributed by atoms with Gasteiger partial charge in [-0.15, -0.1) is 0 Å². The Kier molecular flexibility index (Phi) is 6.02. The summed E-state index contributed by atoms with van der Waals surface area (Å²) in [5.74, 6) is 0. The lowest BCUT2D eigenvalue weighted by Crippen LogP contribution is -2.53. The fourth-order valence-corrected chi connectivity index (χ4v) is 4.47. The third-order valence-electron chi connectivity index (χ3n) is 3.51. The van der Waals surface area contributed by atoms with E-state index in [-0.39, 0.29) is 9.92 Å². The van der Waals surface area contributed by atoms with Gasteiger partial charge in [0.05, 0.1) is 5.02 Å². The van der Waals surface area contributed by atoms with E-state index in [1.807, 2.05) is 4.90 Å². The van der Waals surface area contributed by atoms with Crippen molar-refractivity contribution in [2.24, 2.45) is 0 Å². The highest BCUT2D eigenvalue weighted by Gasteiger charge is 2.30. The maximum atomic E-state index is 12.6. The Morgan fingerprint density at radius 2 is 1.91 bits per heavy atom. The van der Waals surface area contributed by atoms with Crippen molar-refractivity contribution in [3.63, 3.8) is 0 Å². The van der Waals surface area contributed by atoms with Crippen molar-refractivity contribution >= 4 is 39.0 Å². The van der Waals surface area contributed by atoms with E-state index >= 15 is 0 Å². The fourth-order valence-electron chi connectivity index (χ4n) is 2.27. The van der Waals surface area contributed by atoms with Crippen molar-refractivity contribution < 1.29 is 8.42 Å². The van der Waals surface area contributed by atoms with Gasteiger partial charge in [-0.1, -0.05) is 30.7 Å². The van der Waals surface area contributed by atoms with Gasteiger partial charge < -0.3 is 10.2 Å². The van der Waals surface area contributed by atoms with Gasteiger partial charge in [0.25, 0.3) is 0 Å². The van der Waals surface area contributed by atoms with Gasteiger partial charge in [-0.25, -0.2) is 8.42 Å². The van der Waals surface area contributed by atoms with Crippen LogP contribution in [0.1, 0.15) is 13.3 Å². The van der Waals surface area contributed by atoms with E-state index in [1.165, 1.54) is 10.4 Å². The molecule has 1 aliphatic heterocycles. The summed E-state index contributed by atoms with van der Waals surface area (Å²) in [5.41, 5.74) is 0. The quantitative estimate of drug-likeness (QED) is 0.830. The zero-order valence-corrected chi connectivity index (χ0v) is 14.8. The number of hydrogen-bond donors (Lipinski definition) is 1. The van der Waals surface area contributed by atoms with E-state index < -0.39 is 10.0 Å². The summed E-state index contributed by atoms with van der Waals surface area (Å²) in [5, 5.41) is 4.11. The first-order valence-corrected chi connectivity index (χ1v) is 9.47. The van der Waals surface area contributed by atoms with Gasteiger partial charge in [0, 0.05) is 32.7 Å². The first-order valence-electron chi connectivity index (χ1n) is 7.24. The van der Waals surface area contributed by atoms with Crippen LogP contribution in [0.3, 0.4) is 0 Å². The summed E-state index contributed by atoms with van der Waals surface area (Å²) in [6, 6.07) is 6.53. The second-order valence-electron chi connectivity index (χ2n) is 5.05. The Morgan fingerprint density at radius 3 is 2.50 bits per heavy atom. The van der Waals surface area contributed by atoms with Gasteiger partial charge in [-0.05, 0) is 30.8 Å². The molecule has 22 heavy (non-hydrogen) atoms. The zero-order valence-electron chi connectivity index (χ0n) is 12.5. The molecule has 2 rings (SSSR count). The lowest BCUT2D eigenvalue weighted by Gasteiger charge is -2.35. The smallest absolute Gasteiger partial charge is 0.244 e. The number of benzene rings is 1. The highest BCUT2D eigenvalue weighted by atomic mass is 35.5. The molecule has 1 aromatic rings. The number of thiocarbonyl (C=S) groups is 1. The van der Waals surface area contributed by atoms with Crippen molar-refractivity contribution in [1.29, 1.82) is 0 Å². The highest BCUT2D eigenvalue weighted by Crippen LogP contribution is 2.24. The fraction of sp³-hybridized carbons (Fsp3) is 0.500. The molecule has 0 aromatic heterocycles. The molecule has 1 fully saturated rings. The Bertz CT molecular complexity index is 629. The van der Waals surface area contributed by atoms with E-state index in [9.17, 15) is 8.42 Å². The Labute approximate surface area is 142 Å². The van der Waals surface area contributed by atoms with Crippen LogP contribution in [0.4, 0.5) is 0 Å². The Morgan fingerprint density at radius 1 is 1.27 bits per heavy atom. The minimum absolute atomic E-state index is 0.164. The van der Waals surface area contributed by atoms with Crippen molar-refractivity contribution in [3.8, 4) is 0 Å². The van der Waals surface area contributed by atoms with Crippen LogP contribution >= 0.6 is 23.8 Å². The summed E-state index contributed by atoms with van der Waals surface area (Å²) in [6.07, 6.45) is 1.00. The van der Waals surface area contributed by atoms with Crippen LogP contribution in [0.15, 0.2) is 29.2 Å². The third kappa shape index (κ3) is 3.90. The molecule has 0 amide bonds. The second-order valence-corrected chi connectivity index (χ2v) is 7.75. The molecular weight excluding hydrogens is 342 g/mol. The minimum Gasteiger partial charge on any atom is -0.363 e. The predicted octanol–water partition coefficient (Wildman–Crippen LogP) is 1.93. The van der Waals surface area contributed by atoms with Crippen molar-refractivity contribution in [3.05, 3.63) is 29.3 Å². The van der Waals surface area contributed by atoms with Crippen molar-refractivity contribution in [2.75, 3.05) is 32.7 Å². The minimum atomic E-state index is -3.55. The standard InChI is InChI=1S/C14H20ClN3O2S2/c1-2-7-16-14(21)17-8-10-18(11-9-17)22(19,20)13-6-4-3-5-12(13)15/h3-6H,2,7-11H2,1H3,(H,16,21). The van der Waals surface area contributed by atoms with E-state index in [4.69, 9.17) is 23.8 Å². The van der Waals surface area contributed by atoms with E-state index in [0.717, 1.165) is 13.0 Å². The van der Waals surface area contributed by atoms with E-state index in [2.05, 4.69) is 12.2 Å². The summed E-state index contributed by atoms with van der Waals surface area (Å²) in [7, 11) is -3.55. The SMILES string of the molecule is CCCNC(=S)N1CCN(S(=O)(=O)c2ccccc2Cl)CC1. The first-order chi connectivity index (χ1) is 10.5. The normalized spacial score (nSPS) is 16.5. The number of piperazine rings is 1. The maximum Gasteiger partial charge on any atom is 0.244 e. The van der Waals surface area contributed by atoms with Crippen LogP contribution in [0.25, 0.3) is 0 Å². The lowest BCUT2D eigenvalue weighted by molar-refractivity contribution is 0.264. The molecule has 0 unspecified atom stereocenters. The number of rotatable bonds is 4. The zero-order chi connectivity index (χ0) is 16.2. The van der Waals surface area contributed by atoms with Gasteiger partial charge in [0.1, 0.15) is 4.90 Å². The Hall–Kier alpha value is -0.890. The molecule has 1 saturated heterocycles. The van der Waals surface area contributed by atoms with Crippen molar-refractivity contribution in [1.82, 2.24) is 14.5 Å². The number of nitrogens with zero attached hydrogens (tertiary/aromatic N) is 2. The molecule has 1 N–H and O–H groups in total. The Balaban J connectivity index is 2.02. The summed E-state index contributed by atoms with van der Waals surface area (Å²) in [6.45, 7) is 4.88. The predicted molar refractivity (Wildman–Crippen MR) is 92.7 cm³/mol. The molecule has 0 atom stereocenters. The summed E-state index contributed by atoms with van der Waals surface area (Å²) < 4.78 is 26.7. The number of halogens is 1. The average molecular weight is 362 g/mol. The monoisotopic (exact) mass is 361 g/mol. The number of nitrogens with one attached hydrogen (secondary N) is 1. The van der Waals surface area contributed by atoms with Gasteiger partial charge in [-0.3, -0.25) is 0 Å². The van der Waals surface area contributed by atoms with Gasteiger partial charge in [0.2, 0.25) is 10.0 Å². The number of sulfonamides is 1. The van der Waals surface area contributed by atoms with E-state index in [1.54, 1.807) is 18.2 Å². The first kappa shape index (κ1) is 17.5. The van der Waals surface area contributed by atoms with Gasteiger partial charge in [-0.2, -0.15) is 4.31 Å². The van der Waals surface area contributed by atoms with Gasteiger partial charge in [0.15, 0.2) is 5.11 Å².